The van der Waals surface area contributed by atoms with Gasteiger partial charge in [0.1, 0.15) is 17.1 Å². The summed E-state index contributed by atoms with van der Waals surface area (Å²) >= 11 is 0. The minimum atomic E-state index is -0.160. The molecule has 0 unspecified atom stereocenters. The number of hydrogen-bond donors (Lipinski definition) is 1. The first-order valence-corrected chi connectivity index (χ1v) is 7.55. The second-order valence-electron chi connectivity index (χ2n) is 6.66. The molecule has 0 aliphatic carbocycles. The smallest absolute Gasteiger partial charge is 0.183 e. The van der Waals surface area contributed by atoms with E-state index in [4.69, 9.17) is 4.98 Å². The van der Waals surface area contributed by atoms with Gasteiger partial charge >= 0.3 is 0 Å². The highest BCUT2D eigenvalue weighted by molar-refractivity contribution is 5.56. The molecule has 1 aromatic carbocycles. The quantitative estimate of drug-likeness (QED) is 0.672. The fourth-order valence-corrected chi connectivity index (χ4v) is 2.38. The van der Waals surface area contributed by atoms with Gasteiger partial charge < -0.3 is 5.11 Å². The van der Waals surface area contributed by atoms with E-state index in [1.807, 2.05) is 35.7 Å². The van der Waals surface area contributed by atoms with Gasteiger partial charge in [0.2, 0.25) is 0 Å². The summed E-state index contributed by atoms with van der Waals surface area (Å²) in [6, 6.07) is 10.9. The number of nitrogens with zero attached hydrogens (tertiary/aromatic N) is 4. The number of aromatic hydroxyl groups is 1. The van der Waals surface area contributed by atoms with E-state index < -0.39 is 0 Å². The first-order valence-electron chi connectivity index (χ1n) is 7.55. The molecule has 0 fully saturated rings. The predicted molar refractivity (Wildman–Crippen MR) is 90.9 cm³/mol. The highest BCUT2D eigenvalue weighted by atomic mass is 16.3. The Morgan fingerprint density at radius 3 is 2.52 bits per heavy atom. The molecule has 0 spiro atoms. The molecule has 5 nitrogen and oxygen atoms in total. The Bertz CT molecular complexity index is 888. The zero-order valence-corrected chi connectivity index (χ0v) is 13.8. The third-order valence-corrected chi connectivity index (χ3v) is 3.60. The normalized spacial score (nSPS) is 12.3. The topological polar surface area (TPSA) is 62.2 Å². The maximum atomic E-state index is 9.84. The number of rotatable bonds is 2. The Morgan fingerprint density at radius 2 is 1.83 bits per heavy atom. The molecule has 3 aromatic rings. The van der Waals surface area contributed by atoms with Gasteiger partial charge in [0, 0.05) is 11.6 Å². The summed E-state index contributed by atoms with van der Waals surface area (Å²) in [4.78, 5) is 4.73. The van der Waals surface area contributed by atoms with Crippen molar-refractivity contribution in [3.63, 3.8) is 0 Å². The summed E-state index contributed by atoms with van der Waals surface area (Å²) in [5, 5.41) is 18.4. The average molecular weight is 308 g/mol. The Balaban J connectivity index is 2.17. The number of phenols is 1. The number of azo groups is 1. The fraction of sp³-hybridized carbons (Fsp3) is 0.278. The lowest BCUT2D eigenvalue weighted by Gasteiger charge is -2.15. The van der Waals surface area contributed by atoms with Crippen LogP contribution in [0.3, 0.4) is 0 Å². The molecule has 0 saturated carbocycles. The van der Waals surface area contributed by atoms with E-state index in [1.54, 1.807) is 18.2 Å². The monoisotopic (exact) mass is 308 g/mol. The molecule has 0 bridgehead atoms. The predicted octanol–water partition coefficient (Wildman–Crippen LogP) is 5.06. The molecular weight excluding hydrogens is 288 g/mol. The van der Waals surface area contributed by atoms with Gasteiger partial charge in [-0.2, -0.15) is 0 Å². The molecule has 118 valence electrons. The first-order chi connectivity index (χ1) is 10.9. The Kier molecular flexibility index (Phi) is 3.64. The maximum Gasteiger partial charge on any atom is 0.183 e. The molecule has 0 aliphatic rings. The van der Waals surface area contributed by atoms with E-state index in [9.17, 15) is 5.11 Å². The standard InChI is InChI=1S/C18H20N4O/c1-12-9-10-22-15(11-12)19-16(18(2,3)4)17(22)21-20-13-7-5-6-8-14(13)23/h5-11,23H,1-4H3. The van der Waals surface area contributed by atoms with Crippen molar-refractivity contribution in [2.75, 3.05) is 0 Å². The number of imidazole rings is 1. The molecule has 5 heteroatoms. The number of benzene rings is 1. The lowest BCUT2D eigenvalue weighted by molar-refractivity contribution is 0.476. The van der Waals surface area contributed by atoms with E-state index in [1.165, 1.54) is 0 Å². The van der Waals surface area contributed by atoms with Crippen molar-refractivity contribution >= 4 is 17.2 Å². The molecule has 1 N–H and O–H groups in total. The summed E-state index contributed by atoms with van der Waals surface area (Å²) < 4.78 is 1.93. The van der Waals surface area contributed by atoms with Gasteiger partial charge in [-0.1, -0.05) is 32.9 Å². The van der Waals surface area contributed by atoms with Crippen molar-refractivity contribution in [2.24, 2.45) is 10.2 Å². The first kappa shape index (κ1) is 15.2. The van der Waals surface area contributed by atoms with Crippen molar-refractivity contribution in [3.05, 3.63) is 53.9 Å². The summed E-state index contributed by atoms with van der Waals surface area (Å²) in [5.41, 5.74) is 3.15. The highest BCUT2D eigenvalue weighted by Gasteiger charge is 2.24. The van der Waals surface area contributed by atoms with Crippen LogP contribution in [0, 0.1) is 6.92 Å². The van der Waals surface area contributed by atoms with Gasteiger partial charge in [-0.25, -0.2) is 4.98 Å². The van der Waals surface area contributed by atoms with Crippen LogP contribution >= 0.6 is 0 Å². The molecule has 0 radical (unpaired) electrons. The third-order valence-electron chi connectivity index (χ3n) is 3.60. The molecule has 0 aliphatic heterocycles. The van der Waals surface area contributed by atoms with Crippen molar-refractivity contribution in [1.82, 2.24) is 9.38 Å². The lowest BCUT2D eigenvalue weighted by atomic mass is 9.92. The van der Waals surface area contributed by atoms with Crippen molar-refractivity contribution in [1.29, 1.82) is 0 Å². The molecule has 0 amide bonds. The largest absolute Gasteiger partial charge is 0.506 e. The highest BCUT2D eigenvalue weighted by Crippen LogP contribution is 2.34. The van der Waals surface area contributed by atoms with Gasteiger partial charge in [-0.3, -0.25) is 4.40 Å². The minimum absolute atomic E-state index is 0.109. The SMILES string of the molecule is Cc1ccn2c(N=Nc3ccccc3O)c(C(C)(C)C)nc2c1. The van der Waals surface area contributed by atoms with E-state index in [0.717, 1.165) is 16.9 Å². The van der Waals surface area contributed by atoms with Gasteiger partial charge in [-0.15, -0.1) is 10.2 Å². The zero-order chi connectivity index (χ0) is 16.6. The van der Waals surface area contributed by atoms with Crippen LogP contribution in [0.2, 0.25) is 0 Å². The van der Waals surface area contributed by atoms with Crippen LogP contribution in [0.15, 0.2) is 52.8 Å². The van der Waals surface area contributed by atoms with Crippen LogP contribution in [0.1, 0.15) is 32.0 Å². The Labute approximate surface area is 135 Å². The molecule has 3 rings (SSSR count). The van der Waals surface area contributed by atoms with Crippen LogP contribution in [0.25, 0.3) is 5.65 Å². The second-order valence-corrected chi connectivity index (χ2v) is 6.66. The van der Waals surface area contributed by atoms with E-state index in [0.29, 0.717) is 11.5 Å². The van der Waals surface area contributed by atoms with Crippen molar-refractivity contribution < 1.29 is 5.11 Å². The molecule has 0 saturated heterocycles. The molecular formula is C18H20N4O. The number of phenolic OH excluding ortho intramolecular Hbond substituents is 1. The summed E-state index contributed by atoms with van der Waals surface area (Å²) in [7, 11) is 0. The summed E-state index contributed by atoms with van der Waals surface area (Å²) in [6.45, 7) is 8.33. The number of aromatic nitrogens is 2. The van der Waals surface area contributed by atoms with Gasteiger partial charge in [0.15, 0.2) is 5.82 Å². The van der Waals surface area contributed by atoms with Crippen LogP contribution in [-0.4, -0.2) is 14.5 Å². The minimum Gasteiger partial charge on any atom is -0.506 e. The number of pyridine rings is 1. The summed E-state index contributed by atoms with van der Waals surface area (Å²) in [6.07, 6.45) is 1.95. The van der Waals surface area contributed by atoms with Crippen molar-refractivity contribution in [3.8, 4) is 5.75 Å². The van der Waals surface area contributed by atoms with Gasteiger partial charge in [0.25, 0.3) is 0 Å². The maximum absolute atomic E-state index is 9.84. The van der Waals surface area contributed by atoms with E-state index in [2.05, 4.69) is 31.0 Å². The van der Waals surface area contributed by atoms with Crippen LogP contribution in [-0.2, 0) is 5.41 Å². The number of fused-ring (bicyclic) bond motifs is 1. The van der Waals surface area contributed by atoms with Crippen LogP contribution in [0.4, 0.5) is 11.5 Å². The number of para-hydroxylation sites is 1. The number of hydrogen-bond acceptors (Lipinski definition) is 4. The second kappa shape index (κ2) is 5.50. The Hall–Kier alpha value is -2.69. The molecule has 23 heavy (non-hydrogen) atoms. The zero-order valence-electron chi connectivity index (χ0n) is 13.8. The molecule has 2 heterocycles. The van der Waals surface area contributed by atoms with E-state index in [-0.39, 0.29) is 11.2 Å². The fourth-order valence-electron chi connectivity index (χ4n) is 2.38. The average Bonchev–Trinajstić information content (AvgIpc) is 2.84. The third kappa shape index (κ3) is 2.95. The summed E-state index contributed by atoms with van der Waals surface area (Å²) in [5.74, 6) is 0.800. The Morgan fingerprint density at radius 1 is 1.09 bits per heavy atom. The van der Waals surface area contributed by atoms with Gasteiger partial charge in [-0.05, 0) is 36.8 Å². The molecule has 2 aromatic heterocycles. The van der Waals surface area contributed by atoms with Gasteiger partial charge in [0.05, 0.1) is 5.69 Å². The van der Waals surface area contributed by atoms with E-state index >= 15 is 0 Å². The van der Waals surface area contributed by atoms with Crippen LogP contribution in [0.5, 0.6) is 5.75 Å². The number of aryl methyl sites for hydroxylation is 1. The molecule has 0 atom stereocenters. The van der Waals surface area contributed by atoms with Crippen LogP contribution < -0.4 is 0 Å². The lowest BCUT2D eigenvalue weighted by Crippen LogP contribution is -2.11. The van der Waals surface area contributed by atoms with Crippen molar-refractivity contribution in [2.45, 2.75) is 33.1 Å².